The van der Waals surface area contributed by atoms with Gasteiger partial charge in [0.05, 0.1) is 4.92 Å². The SMILES string of the molecule is Cc1nn(C(C)C(=O)NCCCn2nc(C(F)(F)F)cc2C)c(C)c1[N+](=O)[O-]. The predicted octanol–water partition coefficient (Wildman–Crippen LogP) is 2.70. The summed E-state index contributed by atoms with van der Waals surface area (Å²) in [5, 5.41) is 21.3. The Labute approximate surface area is 158 Å². The number of rotatable bonds is 7. The summed E-state index contributed by atoms with van der Waals surface area (Å²) in [6, 6.07) is 0.201. The van der Waals surface area contributed by atoms with Crippen LogP contribution in [0.2, 0.25) is 0 Å². The number of nitrogens with one attached hydrogen (secondary N) is 1. The van der Waals surface area contributed by atoms with E-state index < -0.39 is 28.7 Å². The third kappa shape index (κ3) is 4.49. The van der Waals surface area contributed by atoms with E-state index in [4.69, 9.17) is 0 Å². The van der Waals surface area contributed by atoms with Crippen LogP contribution >= 0.6 is 0 Å². The first-order valence-electron chi connectivity index (χ1n) is 8.53. The molecule has 154 valence electrons. The van der Waals surface area contributed by atoms with Gasteiger partial charge in [0.15, 0.2) is 5.69 Å². The summed E-state index contributed by atoms with van der Waals surface area (Å²) in [4.78, 5) is 22.8. The van der Waals surface area contributed by atoms with Crippen molar-refractivity contribution in [1.29, 1.82) is 0 Å². The fourth-order valence-corrected chi connectivity index (χ4v) is 2.87. The minimum Gasteiger partial charge on any atom is -0.354 e. The molecule has 0 spiro atoms. The van der Waals surface area contributed by atoms with E-state index in [1.807, 2.05) is 0 Å². The molecule has 0 saturated carbocycles. The maximum Gasteiger partial charge on any atom is 0.435 e. The quantitative estimate of drug-likeness (QED) is 0.435. The highest BCUT2D eigenvalue weighted by atomic mass is 19.4. The van der Waals surface area contributed by atoms with E-state index in [1.54, 1.807) is 6.92 Å². The van der Waals surface area contributed by atoms with Crippen LogP contribution in [0.4, 0.5) is 18.9 Å². The fraction of sp³-hybridized carbons (Fsp3) is 0.562. The fourth-order valence-electron chi connectivity index (χ4n) is 2.87. The van der Waals surface area contributed by atoms with Crippen LogP contribution < -0.4 is 5.32 Å². The largest absolute Gasteiger partial charge is 0.435 e. The van der Waals surface area contributed by atoms with Crippen molar-refractivity contribution in [2.75, 3.05) is 6.54 Å². The van der Waals surface area contributed by atoms with Gasteiger partial charge >= 0.3 is 11.9 Å². The molecule has 2 rings (SSSR count). The summed E-state index contributed by atoms with van der Waals surface area (Å²) in [6.45, 7) is 6.52. The summed E-state index contributed by atoms with van der Waals surface area (Å²) >= 11 is 0. The molecule has 1 unspecified atom stereocenters. The number of halogens is 3. The summed E-state index contributed by atoms with van der Waals surface area (Å²) in [5.41, 5.74) is -0.209. The van der Waals surface area contributed by atoms with Crippen LogP contribution in [0.25, 0.3) is 0 Å². The molecule has 0 bridgehead atoms. The molecule has 1 atom stereocenters. The number of aryl methyl sites for hydroxylation is 3. The van der Waals surface area contributed by atoms with Gasteiger partial charge < -0.3 is 5.32 Å². The van der Waals surface area contributed by atoms with Crippen LogP contribution in [-0.4, -0.2) is 36.9 Å². The lowest BCUT2D eigenvalue weighted by atomic mass is 10.2. The van der Waals surface area contributed by atoms with Gasteiger partial charge in [-0.15, -0.1) is 0 Å². The molecule has 0 fully saturated rings. The summed E-state index contributed by atoms with van der Waals surface area (Å²) in [7, 11) is 0. The van der Waals surface area contributed by atoms with Gasteiger partial charge in [-0.25, -0.2) is 0 Å². The van der Waals surface area contributed by atoms with Crippen molar-refractivity contribution in [3.05, 3.63) is 39.0 Å². The van der Waals surface area contributed by atoms with Gasteiger partial charge in [0.2, 0.25) is 5.91 Å². The highest BCUT2D eigenvalue weighted by Crippen LogP contribution is 2.28. The van der Waals surface area contributed by atoms with Gasteiger partial charge in [0, 0.05) is 18.8 Å². The molecule has 0 radical (unpaired) electrons. The van der Waals surface area contributed by atoms with E-state index in [0.29, 0.717) is 12.1 Å². The topological polar surface area (TPSA) is 108 Å². The van der Waals surface area contributed by atoms with E-state index in [9.17, 15) is 28.1 Å². The number of aromatic nitrogens is 4. The van der Waals surface area contributed by atoms with Gasteiger partial charge in [-0.1, -0.05) is 0 Å². The Balaban J connectivity index is 1.92. The molecule has 0 aliphatic carbocycles. The first-order valence-corrected chi connectivity index (χ1v) is 8.53. The van der Waals surface area contributed by atoms with Crippen molar-refractivity contribution in [2.45, 2.75) is 52.9 Å². The summed E-state index contributed by atoms with van der Waals surface area (Å²) in [5.74, 6) is -0.395. The maximum atomic E-state index is 12.7. The number of nitro groups is 1. The number of carbonyl (C=O) groups is 1. The van der Waals surface area contributed by atoms with Crippen LogP contribution in [0.15, 0.2) is 6.07 Å². The molecule has 1 amide bonds. The zero-order valence-corrected chi connectivity index (χ0v) is 15.9. The lowest BCUT2D eigenvalue weighted by Crippen LogP contribution is -2.33. The van der Waals surface area contributed by atoms with E-state index >= 15 is 0 Å². The smallest absolute Gasteiger partial charge is 0.354 e. The second kappa shape index (κ2) is 7.98. The average molecular weight is 402 g/mol. The molecule has 1 N–H and O–H groups in total. The van der Waals surface area contributed by atoms with E-state index in [0.717, 1.165) is 6.07 Å². The Hall–Kier alpha value is -2.92. The zero-order chi connectivity index (χ0) is 21.2. The first kappa shape index (κ1) is 21.4. The number of carbonyl (C=O) groups excluding carboxylic acids is 1. The van der Waals surface area contributed by atoms with Gasteiger partial charge in [-0.2, -0.15) is 23.4 Å². The van der Waals surface area contributed by atoms with Crippen molar-refractivity contribution in [3.63, 3.8) is 0 Å². The molecule has 2 aromatic heterocycles. The molecule has 2 heterocycles. The second-order valence-electron chi connectivity index (χ2n) is 6.43. The predicted molar refractivity (Wildman–Crippen MR) is 92.7 cm³/mol. The Morgan fingerprint density at radius 1 is 1.32 bits per heavy atom. The van der Waals surface area contributed by atoms with E-state index in [-0.39, 0.29) is 30.2 Å². The van der Waals surface area contributed by atoms with Gasteiger partial charge in [0.1, 0.15) is 17.4 Å². The molecular weight excluding hydrogens is 381 g/mol. The Morgan fingerprint density at radius 2 is 1.96 bits per heavy atom. The minimum atomic E-state index is -4.50. The van der Waals surface area contributed by atoms with Crippen molar-refractivity contribution < 1.29 is 22.9 Å². The molecule has 0 aliphatic rings. The highest BCUT2D eigenvalue weighted by molar-refractivity contribution is 5.80. The van der Waals surface area contributed by atoms with Crippen molar-refractivity contribution >= 4 is 11.6 Å². The standard InChI is InChI=1S/C16H21F3N6O3/c1-9-8-13(16(17,18)19)22-23(9)7-5-6-20-15(26)12(4)24-11(3)14(25(27)28)10(2)21-24/h8,12H,5-7H2,1-4H3,(H,20,26). The van der Waals surface area contributed by atoms with Gasteiger partial charge in [-0.05, 0) is 40.2 Å². The Bertz CT molecular complexity index is 887. The van der Waals surface area contributed by atoms with Gasteiger partial charge in [0.25, 0.3) is 0 Å². The minimum absolute atomic E-state index is 0.130. The van der Waals surface area contributed by atoms with Gasteiger partial charge in [-0.3, -0.25) is 24.3 Å². The number of alkyl halides is 3. The number of hydrogen-bond donors (Lipinski definition) is 1. The molecule has 28 heavy (non-hydrogen) atoms. The maximum absolute atomic E-state index is 12.7. The monoisotopic (exact) mass is 402 g/mol. The van der Waals surface area contributed by atoms with Crippen LogP contribution in [-0.2, 0) is 17.5 Å². The van der Waals surface area contributed by atoms with Crippen molar-refractivity contribution in [3.8, 4) is 0 Å². The molecule has 0 saturated heterocycles. The van der Waals surface area contributed by atoms with E-state index in [2.05, 4.69) is 15.5 Å². The molecular formula is C16H21F3N6O3. The Kier molecular flexibility index (Phi) is 6.10. The zero-order valence-electron chi connectivity index (χ0n) is 15.9. The Morgan fingerprint density at radius 3 is 2.46 bits per heavy atom. The third-order valence-corrected chi connectivity index (χ3v) is 4.33. The summed E-state index contributed by atoms with van der Waals surface area (Å²) < 4.78 is 40.5. The molecule has 2 aromatic rings. The first-order chi connectivity index (χ1) is 12.9. The second-order valence-corrected chi connectivity index (χ2v) is 6.43. The number of nitrogens with zero attached hydrogens (tertiary/aromatic N) is 5. The van der Waals surface area contributed by atoms with Crippen molar-refractivity contribution in [2.24, 2.45) is 0 Å². The van der Waals surface area contributed by atoms with E-state index in [1.165, 1.54) is 30.1 Å². The molecule has 0 aliphatic heterocycles. The number of hydrogen-bond acceptors (Lipinski definition) is 5. The average Bonchev–Trinajstić information content (AvgIpc) is 3.10. The lowest BCUT2D eigenvalue weighted by Gasteiger charge is -2.14. The van der Waals surface area contributed by atoms with Crippen LogP contribution in [0.1, 0.15) is 42.2 Å². The lowest BCUT2D eigenvalue weighted by molar-refractivity contribution is -0.386. The van der Waals surface area contributed by atoms with Crippen LogP contribution in [0.3, 0.4) is 0 Å². The summed E-state index contributed by atoms with van der Waals surface area (Å²) in [6.07, 6.45) is -4.13. The molecule has 12 heteroatoms. The van der Waals surface area contributed by atoms with Crippen molar-refractivity contribution in [1.82, 2.24) is 24.9 Å². The van der Waals surface area contributed by atoms with Crippen LogP contribution in [0, 0.1) is 30.9 Å². The molecule has 0 aromatic carbocycles. The highest BCUT2D eigenvalue weighted by Gasteiger charge is 2.34. The third-order valence-electron chi connectivity index (χ3n) is 4.33. The normalized spacial score (nSPS) is 12.8. The van der Waals surface area contributed by atoms with Crippen LogP contribution in [0.5, 0.6) is 0 Å². The molecule has 9 nitrogen and oxygen atoms in total. The number of amides is 1.